The van der Waals surface area contributed by atoms with Gasteiger partial charge in [0.25, 0.3) is 0 Å². The molecule has 33 heavy (non-hydrogen) atoms. The van der Waals surface area contributed by atoms with Gasteiger partial charge in [-0.3, -0.25) is 0 Å². The molecule has 0 aliphatic carbocycles. The Bertz CT molecular complexity index is 832. The number of hydrogen-bond acceptors (Lipinski definition) is 7. The average Bonchev–Trinajstić information content (AvgIpc) is 2.81. The van der Waals surface area contributed by atoms with Crippen LogP contribution in [0.3, 0.4) is 0 Å². The topological polar surface area (TPSA) is 63.2 Å². The monoisotopic (exact) mass is 496 g/mol. The minimum atomic E-state index is -1.22. The van der Waals surface area contributed by atoms with E-state index in [1.807, 2.05) is 58.0 Å². The second-order valence-corrected chi connectivity index (χ2v) is 10.6. The van der Waals surface area contributed by atoms with Crippen molar-refractivity contribution < 1.29 is 27.9 Å². The molecule has 0 aliphatic heterocycles. The zero-order valence-electron chi connectivity index (χ0n) is 20.3. The van der Waals surface area contributed by atoms with Gasteiger partial charge < -0.3 is 23.7 Å². The second-order valence-electron chi connectivity index (χ2n) is 7.27. The number of para-hydroxylation sites is 1. The number of benzene rings is 2. The fourth-order valence-electron chi connectivity index (χ4n) is 2.85. The smallest absolute Gasteiger partial charge is 0.218 e. The fraction of sp³-hybridized carbons (Fsp3) is 0.520. The first-order chi connectivity index (χ1) is 16.1. The molecule has 0 radical (unpaired) electrons. The maximum Gasteiger partial charge on any atom is 0.218 e. The van der Waals surface area contributed by atoms with Gasteiger partial charge in [-0.1, -0.05) is 45.9 Å². The molecule has 1 atom stereocenters. The summed E-state index contributed by atoms with van der Waals surface area (Å²) in [6.07, 6.45) is 4.85. The molecule has 2 rings (SSSR count). The first-order valence-electron chi connectivity index (χ1n) is 11.6. The zero-order valence-corrected chi connectivity index (χ0v) is 21.9. The molecule has 0 bridgehead atoms. The Hall–Kier alpha value is -2.06. The van der Waals surface area contributed by atoms with Crippen molar-refractivity contribution in [3.63, 3.8) is 0 Å². The molecule has 0 aromatic heterocycles. The van der Waals surface area contributed by atoms with Gasteiger partial charge in [-0.15, -0.1) is 0 Å². The van der Waals surface area contributed by atoms with Gasteiger partial charge in [0.2, 0.25) is 17.2 Å². The normalized spacial score (nSPS) is 11.7. The molecule has 0 spiro atoms. The average molecular weight is 497 g/mol. The van der Waals surface area contributed by atoms with Crippen LogP contribution in [-0.4, -0.2) is 36.9 Å². The summed E-state index contributed by atoms with van der Waals surface area (Å²) in [5, 5.41) is 0. The van der Waals surface area contributed by atoms with E-state index >= 15 is 0 Å². The molecular formula is C25H36O6S2. The van der Waals surface area contributed by atoms with E-state index < -0.39 is 9.83 Å². The van der Waals surface area contributed by atoms with Gasteiger partial charge in [0, 0.05) is 6.26 Å². The molecule has 2 aromatic carbocycles. The third kappa shape index (κ3) is 8.03. The molecule has 1 unspecified atom stereocenters. The molecule has 8 heteroatoms. The van der Waals surface area contributed by atoms with Crippen molar-refractivity contribution in [2.45, 2.75) is 58.3 Å². The third-order valence-electron chi connectivity index (χ3n) is 4.20. The number of ether oxygens (including phenoxy) is 5. The van der Waals surface area contributed by atoms with Gasteiger partial charge in [0.15, 0.2) is 11.5 Å². The van der Waals surface area contributed by atoms with E-state index in [2.05, 4.69) is 0 Å². The van der Waals surface area contributed by atoms with E-state index in [0.717, 1.165) is 25.7 Å². The molecule has 0 saturated heterocycles. The van der Waals surface area contributed by atoms with Gasteiger partial charge in [-0.2, -0.15) is 0 Å². The van der Waals surface area contributed by atoms with Crippen LogP contribution in [0.1, 0.15) is 53.4 Å². The van der Waals surface area contributed by atoms with Crippen molar-refractivity contribution in [2.75, 3.05) is 32.7 Å². The summed E-state index contributed by atoms with van der Waals surface area (Å²) in [5.41, 5.74) is 0. The Kier molecular flexibility index (Phi) is 12.3. The quantitative estimate of drug-likeness (QED) is 0.231. The number of hydrogen-bond donors (Lipinski definition) is 0. The highest BCUT2D eigenvalue weighted by Gasteiger charge is 2.32. The Morgan fingerprint density at radius 1 is 0.667 bits per heavy atom. The summed E-state index contributed by atoms with van der Waals surface area (Å²) in [6, 6.07) is 9.48. The van der Waals surface area contributed by atoms with Crippen molar-refractivity contribution in [2.24, 2.45) is 0 Å². The minimum Gasteiger partial charge on any atom is -0.488 e. The van der Waals surface area contributed by atoms with Crippen molar-refractivity contribution in [3.8, 4) is 34.5 Å². The summed E-state index contributed by atoms with van der Waals surface area (Å²) >= 11 is 0. The predicted octanol–water partition coefficient (Wildman–Crippen LogP) is 7.02. The van der Waals surface area contributed by atoms with Crippen molar-refractivity contribution in [1.29, 1.82) is 0 Å². The van der Waals surface area contributed by atoms with Gasteiger partial charge in [-0.05, 0) is 48.6 Å². The summed E-state index contributed by atoms with van der Waals surface area (Å²) in [6.45, 7) is 10.0. The predicted molar refractivity (Wildman–Crippen MR) is 136 cm³/mol. The molecule has 6 nitrogen and oxygen atoms in total. The summed E-state index contributed by atoms with van der Waals surface area (Å²) in [4.78, 5) is 0.607. The third-order valence-corrected chi connectivity index (χ3v) is 6.18. The zero-order chi connectivity index (χ0) is 24.1. The molecule has 0 saturated carbocycles. The summed E-state index contributed by atoms with van der Waals surface area (Å²) in [7, 11) is -0.0465. The van der Waals surface area contributed by atoms with Crippen molar-refractivity contribution in [1.82, 2.24) is 0 Å². The molecule has 0 amide bonds. The molecule has 0 N–H and O–H groups in total. The van der Waals surface area contributed by atoms with E-state index in [1.54, 1.807) is 6.26 Å². The van der Waals surface area contributed by atoms with E-state index in [0.29, 0.717) is 65.8 Å². The lowest BCUT2D eigenvalue weighted by molar-refractivity contribution is 0.225. The van der Waals surface area contributed by atoms with Gasteiger partial charge in [0.1, 0.15) is 10.6 Å². The van der Waals surface area contributed by atoms with Crippen molar-refractivity contribution in [3.05, 3.63) is 30.3 Å². The van der Waals surface area contributed by atoms with Gasteiger partial charge in [0.05, 0.1) is 36.3 Å². The Labute approximate surface area is 204 Å². The van der Waals surface area contributed by atoms with Crippen LogP contribution in [-0.2, 0) is 9.83 Å². The molecule has 0 fully saturated rings. The lowest BCUT2D eigenvalue weighted by Crippen LogP contribution is -2.10. The maximum absolute atomic E-state index is 12.3. The molecule has 0 aliphatic rings. The van der Waals surface area contributed by atoms with Crippen LogP contribution in [0.15, 0.2) is 35.2 Å². The Morgan fingerprint density at radius 3 is 1.48 bits per heavy atom. The van der Waals surface area contributed by atoms with Crippen LogP contribution >= 0.6 is 10.8 Å². The SMILES string of the molecule is CCCOc1c(Oc2ccccc2)c(OCCC)c(OCCC)c(SS(C)=O)c1OCCC. The van der Waals surface area contributed by atoms with E-state index in [9.17, 15) is 4.21 Å². The second kappa shape index (κ2) is 15.0. The highest BCUT2D eigenvalue weighted by atomic mass is 33.1. The highest BCUT2D eigenvalue weighted by molar-refractivity contribution is 8.69. The summed E-state index contributed by atoms with van der Waals surface area (Å²) < 4.78 is 43.4. The minimum absolute atomic E-state index is 0.409. The van der Waals surface area contributed by atoms with E-state index in [4.69, 9.17) is 23.7 Å². The Morgan fingerprint density at radius 2 is 1.09 bits per heavy atom. The Balaban J connectivity index is 2.84. The molecule has 184 valence electrons. The van der Waals surface area contributed by atoms with Crippen molar-refractivity contribution >= 4 is 20.6 Å². The van der Waals surface area contributed by atoms with Crippen LogP contribution in [0, 0.1) is 0 Å². The van der Waals surface area contributed by atoms with Crippen LogP contribution in [0.2, 0.25) is 0 Å². The lowest BCUT2D eigenvalue weighted by Gasteiger charge is -2.25. The standard InChI is InChI=1S/C25H36O6S2/c1-6-15-27-20-22(31-19-13-11-10-12-14-19)21(28-16-7-2)24(30-18-9-4)25(32-33(5)26)23(20)29-17-8-3/h10-14H,6-9,15-18H2,1-5H3. The first kappa shape index (κ1) is 27.2. The molecule has 2 aromatic rings. The van der Waals surface area contributed by atoms with Gasteiger partial charge in [-0.25, -0.2) is 4.21 Å². The van der Waals surface area contributed by atoms with Crippen LogP contribution in [0.25, 0.3) is 0 Å². The van der Waals surface area contributed by atoms with Crippen LogP contribution < -0.4 is 23.7 Å². The van der Waals surface area contributed by atoms with E-state index in [1.165, 1.54) is 10.8 Å². The van der Waals surface area contributed by atoms with E-state index in [-0.39, 0.29) is 0 Å². The molecular weight excluding hydrogens is 460 g/mol. The van der Waals surface area contributed by atoms with Crippen LogP contribution in [0.5, 0.6) is 34.5 Å². The lowest BCUT2D eigenvalue weighted by atomic mass is 10.2. The fourth-order valence-corrected chi connectivity index (χ4v) is 4.70. The summed E-state index contributed by atoms with van der Waals surface area (Å²) in [5.74, 6) is 2.89. The highest BCUT2D eigenvalue weighted by Crippen LogP contribution is 2.58. The largest absolute Gasteiger partial charge is 0.488 e. The molecule has 0 heterocycles. The number of rotatable bonds is 16. The maximum atomic E-state index is 12.3. The van der Waals surface area contributed by atoms with Gasteiger partial charge >= 0.3 is 0 Å². The van der Waals surface area contributed by atoms with Crippen LogP contribution in [0.4, 0.5) is 0 Å². The first-order valence-corrected chi connectivity index (χ1v) is 14.5.